The van der Waals surface area contributed by atoms with Crippen molar-refractivity contribution in [2.45, 2.75) is 32.4 Å². The minimum Gasteiger partial charge on any atom is -0.361 e. The highest BCUT2D eigenvalue weighted by molar-refractivity contribution is 6.35. The average molecular weight is 354 g/mol. The maximum Gasteiger partial charge on any atom is 0.241 e. The molecule has 0 radical (unpaired) electrons. The standard InChI is InChI=1S/C16H17Cl2N3O2/c1-10-5-14(20-23-10)9-21-4-2-3-15(21)16(22)19-13-7-11(17)6-12(18)8-13/h5-8,15H,2-4,9H2,1H3,(H,19,22). The molecule has 1 atom stereocenters. The first-order chi connectivity index (χ1) is 11.0. The minimum atomic E-state index is -0.190. The van der Waals surface area contributed by atoms with Crippen LogP contribution in [0.25, 0.3) is 0 Å². The Bertz CT molecular complexity index is 697. The number of aromatic nitrogens is 1. The van der Waals surface area contributed by atoms with Crippen LogP contribution < -0.4 is 5.32 Å². The molecule has 2 aromatic rings. The molecule has 7 heteroatoms. The predicted octanol–water partition coefficient (Wildman–Crippen LogP) is 3.89. The van der Waals surface area contributed by atoms with Gasteiger partial charge in [0, 0.05) is 28.3 Å². The Labute approximate surface area is 144 Å². The van der Waals surface area contributed by atoms with Gasteiger partial charge in [0.05, 0.1) is 11.7 Å². The van der Waals surface area contributed by atoms with Crippen molar-refractivity contribution in [3.8, 4) is 0 Å². The third kappa shape index (κ3) is 4.05. The fourth-order valence-corrected chi connectivity index (χ4v) is 3.39. The highest BCUT2D eigenvalue weighted by atomic mass is 35.5. The van der Waals surface area contributed by atoms with Crippen molar-refractivity contribution < 1.29 is 9.32 Å². The Morgan fingerprint density at radius 2 is 2.09 bits per heavy atom. The molecule has 1 N–H and O–H groups in total. The molecule has 1 saturated heterocycles. The van der Waals surface area contributed by atoms with Crippen LogP contribution in [0.5, 0.6) is 0 Å². The lowest BCUT2D eigenvalue weighted by molar-refractivity contribution is -0.120. The number of likely N-dealkylation sites (tertiary alicyclic amines) is 1. The summed E-state index contributed by atoms with van der Waals surface area (Å²) in [7, 11) is 0. The van der Waals surface area contributed by atoms with Gasteiger partial charge >= 0.3 is 0 Å². The predicted molar refractivity (Wildman–Crippen MR) is 89.8 cm³/mol. The summed E-state index contributed by atoms with van der Waals surface area (Å²) in [5.41, 5.74) is 1.45. The monoisotopic (exact) mass is 353 g/mol. The van der Waals surface area contributed by atoms with Crippen LogP contribution in [0.3, 0.4) is 0 Å². The summed E-state index contributed by atoms with van der Waals surface area (Å²) in [4.78, 5) is 14.7. The van der Waals surface area contributed by atoms with Crippen molar-refractivity contribution in [2.75, 3.05) is 11.9 Å². The number of hydrogen-bond acceptors (Lipinski definition) is 4. The van der Waals surface area contributed by atoms with E-state index in [1.807, 2.05) is 13.0 Å². The van der Waals surface area contributed by atoms with Crippen LogP contribution in [0.4, 0.5) is 5.69 Å². The van der Waals surface area contributed by atoms with Gasteiger partial charge in [-0.1, -0.05) is 28.4 Å². The van der Waals surface area contributed by atoms with E-state index < -0.39 is 0 Å². The molecule has 1 aliphatic heterocycles. The van der Waals surface area contributed by atoms with Crippen LogP contribution in [0.2, 0.25) is 10.0 Å². The zero-order chi connectivity index (χ0) is 16.4. The molecule has 1 aliphatic rings. The van der Waals surface area contributed by atoms with E-state index in [0.717, 1.165) is 30.8 Å². The molecule has 0 saturated carbocycles. The highest BCUT2D eigenvalue weighted by Crippen LogP contribution is 2.25. The lowest BCUT2D eigenvalue weighted by atomic mass is 10.2. The quantitative estimate of drug-likeness (QED) is 0.905. The van der Waals surface area contributed by atoms with Gasteiger partial charge in [0.1, 0.15) is 5.76 Å². The molecule has 1 unspecified atom stereocenters. The van der Waals surface area contributed by atoms with E-state index in [0.29, 0.717) is 22.3 Å². The number of benzene rings is 1. The smallest absolute Gasteiger partial charge is 0.241 e. The molecular formula is C16H17Cl2N3O2. The number of nitrogens with zero attached hydrogens (tertiary/aromatic N) is 2. The van der Waals surface area contributed by atoms with Gasteiger partial charge in [-0.2, -0.15) is 0 Å². The van der Waals surface area contributed by atoms with Crippen LogP contribution >= 0.6 is 23.2 Å². The molecule has 0 bridgehead atoms. The Kier molecular flexibility index (Phi) is 4.90. The van der Waals surface area contributed by atoms with Gasteiger partial charge in [0.25, 0.3) is 0 Å². The summed E-state index contributed by atoms with van der Waals surface area (Å²) >= 11 is 11.9. The largest absolute Gasteiger partial charge is 0.361 e. The molecule has 0 aliphatic carbocycles. The van der Waals surface area contributed by atoms with Gasteiger partial charge in [-0.25, -0.2) is 0 Å². The number of carbonyl (C=O) groups is 1. The van der Waals surface area contributed by atoms with Crippen molar-refractivity contribution in [2.24, 2.45) is 0 Å². The van der Waals surface area contributed by atoms with Crippen LogP contribution in [0.15, 0.2) is 28.8 Å². The number of carbonyl (C=O) groups excluding carboxylic acids is 1. The summed E-state index contributed by atoms with van der Waals surface area (Å²) in [5.74, 6) is 0.717. The zero-order valence-electron chi connectivity index (χ0n) is 12.7. The van der Waals surface area contributed by atoms with Gasteiger partial charge in [0.15, 0.2) is 0 Å². The van der Waals surface area contributed by atoms with Crippen LogP contribution in [-0.2, 0) is 11.3 Å². The van der Waals surface area contributed by atoms with E-state index in [1.54, 1.807) is 18.2 Å². The van der Waals surface area contributed by atoms with Gasteiger partial charge in [-0.3, -0.25) is 9.69 Å². The van der Waals surface area contributed by atoms with Gasteiger partial charge in [-0.15, -0.1) is 0 Å². The fourth-order valence-electron chi connectivity index (χ4n) is 2.86. The van der Waals surface area contributed by atoms with E-state index in [1.165, 1.54) is 0 Å². The molecule has 1 fully saturated rings. The van der Waals surface area contributed by atoms with Crippen molar-refractivity contribution in [3.63, 3.8) is 0 Å². The van der Waals surface area contributed by atoms with E-state index >= 15 is 0 Å². The number of aryl methyl sites for hydroxylation is 1. The van der Waals surface area contributed by atoms with Crippen LogP contribution in [0, 0.1) is 6.92 Å². The van der Waals surface area contributed by atoms with E-state index in [9.17, 15) is 4.79 Å². The van der Waals surface area contributed by atoms with E-state index in [2.05, 4.69) is 15.4 Å². The second-order valence-corrected chi connectivity index (χ2v) is 6.58. The minimum absolute atomic E-state index is 0.0546. The third-order valence-corrected chi connectivity index (χ3v) is 4.27. The summed E-state index contributed by atoms with van der Waals surface area (Å²) in [6, 6.07) is 6.71. The maximum atomic E-state index is 12.6. The Morgan fingerprint density at radius 3 is 2.74 bits per heavy atom. The van der Waals surface area contributed by atoms with Crippen LogP contribution in [-0.4, -0.2) is 28.6 Å². The molecule has 122 valence electrons. The first kappa shape index (κ1) is 16.3. The number of halogens is 2. The number of nitrogens with one attached hydrogen (secondary N) is 1. The third-order valence-electron chi connectivity index (χ3n) is 3.84. The van der Waals surface area contributed by atoms with Crippen molar-refractivity contribution in [1.82, 2.24) is 10.1 Å². The van der Waals surface area contributed by atoms with Gasteiger partial charge in [-0.05, 0) is 44.5 Å². The van der Waals surface area contributed by atoms with Crippen molar-refractivity contribution in [3.05, 3.63) is 45.8 Å². The van der Waals surface area contributed by atoms with Gasteiger partial charge in [0.2, 0.25) is 5.91 Å². The number of amides is 1. The first-order valence-corrected chi connectivity index (χ1v) is 8.20. The number of anilines is 1. The van der Waals surface area contributed by atoms with Crippen molar-refractivity contribution in [1.29, 1.82) is 0 Å². The summed E-state index contributed by atoms with van der Waals surface area (Å²) in [5, 5.41) is 7.88. The topological polar surface area (TPSA) is 58.4 Å². The first-order valence-electron chi connectivity index (χ1n) is 7.44. The second kappa shape index (κ2) is 6.91. The highest BCUT2D eigenvalue weighted by Gasteiger charge is 2.31. The molecule has 3 rings (SSSR count). The normalized spacial score (nSPS) is 18.3. The Hall–Kier alpha value is -1.56. The Balaban J connectivity index is 1.67. The summed E-state index contributed by atoms with van der Waals surface area (Å²) in [6.45, 7) is 3.32. The fraction of sp³-hybridized carbons (Fsp3) is 0.375. The Morgan fingerprint density at radius 1 is 1.35 bits per heavy atom. The van der Waals surface area contributed by atoms with E-state index in [4.69, 9.17) is 27.7 Å². The van der Waals surface area contributed by atoms with Gasteiger partial charge < -0.3 is 9.84 Å². The molecule has 0 spiro atoms. The summed E-state index contributed by atoms with van der Waals surface area (Å²) in [6.07, 6.45) is 1.79. The molecule has 1 aromatic heterocycles. The second-order valence-electron chi connectivity index (χ2n) is 5.70. The lowest BCUT2D eigenvalue weighted by Gasteiger charge is -2.22. The molecule has 2 heterocycles. The maximum absolute atomic E-state index is 12.6. The van der Waals surface area contributed by atoms with Crippen molar-refractivity contribution >= 4 is 34.8 Å². The molecule has 23 heavy (non-hydrogen) atoms. The average Bonchev–Trinajstić information content (AvgIpc) is 3.07. The van der Waals surface area contributed by atoms with E-state index in [-0.39, 0.29) is 11.9 Å². The van der Waals surface area contributed by atoms with Crippen LogP contribution in [0.1, 0.15) is 24.3 Å². The number of hydrogen-bond donors (Lipinski definition) is 1. The molecular weight excluding hydrogens is 337 g/mol. The molecule has 1 amide bonds. The number of rotatable bonds is 4. The lowest BCUT2D eigenvalue weighted by Crippen LogP contribution is -2.39. The summed E-state index contributed by atoms with van der Waals surface area (Å²) < 4.78 is 5.09. The SMILES string of the molecule is Cc1cc(CN2CCCC2C(=O)Nc2cc(Cl)cc(Cl)c2)no1. The molecule has 1 aromatic carbocycles. The molecule has 5 nitrogen and oxygen atoms in total. The zero-order valence-corrected chi connectivity index (χ0v) is 14.2.